The van der Waals surface area contributed by atoms with Gasteiger partial charge in [-0.1, -0.05) is 65.7 Å². The number of benzene rings is 3. The summed E-state index contributed by atoms with van der Waals surface area (Å²) in [6, 6.07) is 19.3. The highest BCUT2D eigenvalue weighted by molar-refractivity contribution is 7.89. The Balaban J connectivity index is 2.30. The minimum absolute atomic E-state index is 0.0746. The Morgan fingerprint density at radius 3 is 1.79 bits per heavy atom. The van der Waals surface area contributed by atoms with Crippen LogP contribution in [0.25, 0.3) is 22.3 Å². The molecule has 0 saturated carbocycles. The molecule has 3 aromatic rings. The van der Waals surface area contributed by atoms with E-state index in [1.807, 2.05) is 24.3 Å². The molecule has 3 rings (SSSR count). The van der Waals surface area contributed by atoms with Crippen molar-refractivity contribution in [2.75, 3.05) is 0 Å². The van der Waals surface area contributed by atoms with Gasteiger partial charge in [0.15, 0.2) is 0 Å². The standard InChI is InChI=1S/C18H13Cl2NO2S/c19-13-9-12(10-14(20)11-13)15-5-1-2-6-16(15)17-7-3-4-8-18(17)24(21,22)23/h1-11H,(H2,21,22,23). The number of sulfonamides is 1. The van der Waals surface area contributed by atoms with Crippen LogP contribution in [-0.2, 0) is 10.0 Å². The highest BCUT2D eigenvalue weighted by atomic mass is 35.5. The van der Waals surface area contributed by atoms with Gasteiger partial charge in [-0.25, -0.2) is 13.6 Å². The Morgan fingerprint density at radius 2 is 1.21 bits per heavy atom. The Labute approximate surface area is 150 Å². The van der Waals surface area contributed by atoms with Crippen molar-refractivity contribution in [2.24, 2.45) is 5.14 Å². The molecule has 2 N–H and O–H groups in total. The molecular formula is C18H13Cl2NO2S. The van der Waals surface area contributed by atoms with Crippen LogP contribution < -0.4 is 5.14 Å². The van der Waals surface area contributed by atoms with Gasteiger partial charge in [0.1, 0.15) is 0 Å². The number of hydrogen-bond donors (Lipinski definition) is 1. The summed E-state index contributed by atoms with van der Waals surface area (Å²) in [7, 11) is -3.85. The van der Waals surface area contributed by atoms with E-state index in [-0.39, 0.29) is 4.90 Å². The maximum Gasteiger partial charge on any atom is 0.238 e. The molecule has 6 heteroatoms. The van der Waals surface area contributed by atoms with Gasteiger partial charge in [-0.3, -0.25) is 0 Å². The maximum atomic E-state index is 11.9. The molecule has 0 fully saturated rings. The van der Waals surface area contributed by atoms with Crippen molar-refractivity contribution in [1.29, 1.82) is 0 Å². The van der Waals surface area contributed by atoms with Crippen molar-refractivity contribution in [3.05, 3.63) is 76.8 Å². The molecule has 0 spiro atoms. The van der Waals surface area contributed by atoms with Gasteiger partial charge in [-0.2, -0.15) is 0 Å². The van der Waals surface area contributed by atoms with Gasteiger partial charge in [0.25, 0.3) is 0 Å². The van der Waals surface area contributed by atoms with Crippen LogP contribution in [0.2, 0.25) is 10.0 Å². The van der Waals surface area contributed by atoms with Gasteiger partial charge in [-0.05, 0) is 41.0 Å². The van der Waals surface area contributed by atoms with Crippen molar-refractivity contribution in [3.8, 4) is 22.3 Å². The van der Waals surface area contributed by atoms with E-state index in [1.54, 1.807) is 36.4 Å². The predicted octanol–water partition coefficient (Wildman–Crippen LogP) is 4.97. The second-order valence-corrected chi connectivity index (χ2v) is 7.65. The maximum absolute atomic E-state index is 11.9. The second kappa shape index (κ2) is 6.57. The summed E-state index contributed by atoms with van der Waals surface area (Å²) in [4.78, 5) is 0.0746. The fourth-order valence-electron chi connectivity index (χ4n) is 2.62. The van der Waals surface area contributed by atoms with Crippen LogP contribution in [0.3, 0.4) is 0 Å². The molecule has 24 heavy (non-hydrogen) atoms. The van der Waals surface area contributed by atoms with Gasteiger partial charge in [0.05, 0.1) is 4.90 Å². The smallest absolute Gasteiger partial charge is 0.225 e. The second-order valence-electron chi connectivity index (χ2n) is 5.24. The summed E-state index contributed by atoms with van der Waals surface area (Å²) in [5.74, 6) is 0. The van der Waals surface area contributed by atoms with E-state index >= 15 is 0 Å². The first-order valence-corrected chi connectivity index (χ1v) is 9.34. The lowest BCUT2D eigenvalue weighted by molar-refractivity contribution is 0.598. The zero-order valence-corrected chi connectivity index (χ0v) is 14.7. The normalized spacial score (nSPS) is 11.5. The van der Waals surface area contributed by atoms with Crippen molar-refractivity contribution >= 4 is 33.2 Å². The summed E-state index contributed by atoms with van der Waals surface area (Å²) >= 11 is 12.2. The van der Waals surface area contributed by atoms with E-state index in [1.165, 1.54) is 6.07 Å². The molecule has 0 unspecified atom stereocenters. The molecule has 0 atom stereocenters. The number of primary sulfonamides is 1. The third kappa shape index (κ3) is 3.47. The van der Waals surface area contributed by atoms with Gasteiger partial charge in [0.2, 0.25) is 10.0 Å². The van der Waals surface area contributed by atoms with Crippen molar-refractivity contribution in [1.82, 2.24) is 0 Å². The molecule has 0 aliphatic carbocycles. The lowest BCUT2D eigenvalue weighted by Crippen LogP contribution is -2.13. The first-order valence-electron chi connectivity index (χ1n) is 7.04. The van der Waals surface area contributed by atoms with Crippen LogP contribution in [0.5, 0.6) is 0 Å². The number of halogens is 2. The molecule has 0 aliphatic rings. The van der Waals surface area contributed by atoms with E-state index in [4.69, 9.17) is 28.3 Å². The molecule has 0 radical (unpaired) electrons. The Kier molecular flexibility index (Phi) is 4.65. The Hall–Kier alpha value is -1.85. The van der Waals surface area contributed by atoms with E-state index < -0.39 is 10.0 Å². The van der Waals surface area contributed by atoms with E-state index in [9.17, 15) is 8.42 Å². The van der Waals surface area contributed by atoms with Crippen molar-refractivity contribution in [2.45, 2.75) is 4.90 Å². The fourth-order valence-corrected chi connectivity index (χ4v) is 3.90. The molecule has 0 aliphatic heterocycles. The summed E-state index contributed by atoms with van der Waals surface area (Å²) in [6.07, 6.45) is 0. The van der Waals surface area contributed by atoms with Crippen molar-refractivity contribution < 1.29 is 8.42 Å². The van der Waals surface area contributed by atoms with Crippen molar-refractivity contribution in [3.63, 3.8) is 0 Å². The lowest BCUT2D eigenvalue weighted by Gasteiger charge is -2.13. The zero-order chi connectivity index (χ0) is 17.3. The third-order valence-corrected chi connectivity index (χ3v) is 4.99. The minimum atomic E-state index is -3.85. The summed E-state index contributed by atoms with van der Waals surface area (Å²) in [5, 5.41) is 6.37. The fraction of sp³-hybridized carbons (Fsp3) is 0. The molecular weight excluding hydrogens is 365 g/mol. The van der Waals surface area contributed by atoms with Crippen LogP contribution in [0.15, 0.2) is 71.6 Å². The van der Waals surface area contributed by atoms with E-state index in [0.29, 0.717) is 15.6 Å². The zero-order valence-electron chi connectivity index (χ0n) is 12.4. The topological polar surface area (TPSA) is 60.2 Å². The van der Waals surface area contributed by atoms with Crippen LogP contribution in [0, 0.1) is 0 Å². The molecule has 122 valence electrons. The van der Waals surface area contributed by atoms with Crippen LogP contribution in [-0.4, -0.2) is 8.42 Å². The molecule has 3 nitrogen and oxygen atoms in total. The lowest BCUT2D eigenvalue weighted by atomic mass is 9.94. The number of hydrogen-bond acceptors (Lipinski definition) is 2. The number of nitrogens with two attached hydrogens (primary N) is 1. The van der Waals surface area contributed by atoms with E-state index in [2.05, 4.69) is 0 Å². The molecule has 0 heterocycles. The molecule has 0 aromatic heterocycles. The highest BCUT2D eigenvalue weighted by Crippen LogP contribution is 2.37. The molecule has 0 bridgehead atoms. The van der Waals surface area contributed by atoms with Crippen LogP contribution in [0.4, 0.5) is 0 Å². The first kappa shape index (κ1) is 17.0. The highest BCUT2D eigenvalue weighted by Gasteiger charge is 2.17. The Morgan fingerprint density at radius 1 is 0.708 bits per heavy atom. The quantitative estimate of drug-likeness (QED) is 0.699. The van der Waals surface area contributed by atoms with Gasteiger partial charge in [-0.15, -0.1) is 0 Å². The molecule has 3 aromatic carbocycles. The molecule has 0 saturated heterocycles. The van der Waals surface area contributed by atoms with E-state index in [0.717, 1.165) is 16.7 Å². The first-order chi connectivity index (χ1) is 11.4. The number of rotatable bonds is 3. The van der Waals surface area contributed by atoms with Gasteiger partial charge in [0, 0.05) is 15.6 Å². The molecule has 0 amide bonds. The summed E-state index contributed by atoms with van der Waals surface area (Å²) in [5.41, 5.74) is 2.89. The predicted molar refractivity (Wildman–Crippen MR) is 98.7 cm³/mol. The average Bonchev–Trinajstić information content (AvgIpc) is 2.53. The largest absolute Gasteiger partial charge is 0.238 e. The van der Waals surface area contributed by atoms with Crippen LogP contribution in [0.1, 0.15) is 0 Å². The minimum Gasteiger partial charge on any atom is -0.225 e. The third-order valence-electron chi connectivity index (χ3n) is 3.58. The summed E-state index contributed by atoms with van der Waals surface area (Å²) in [6.45, 7) is 0. The monoisotopic (exact) mass is 377 g/mol. The average molecular weight is 378 g/mol. The van der Waals surface area contributed by atoms with Crippen LogP contribution >= 0.6 is 23.2 Å². The van der Waals surface area contributed by atoms with Gasteiger partial charge < -0.3 is 0 Å². The summed E-state index contributed by atoms with van der Waals surface area (Å²) < 4.78 is 23.8. The Bertz CT molecular complexity index is 997. The van der Waals surface area contributed by atoms with Gasteiger partial charge >= 0.3 is 0 Å². The SMILES string of the molecule is NS(=O)(=O)c1ccccc1-c1ccccc1-c1cc(Cl)cc(Cl)c1.